The van der Waals surface area contributed by atoms with Crippen LogP contribution in [0, 0.1) is 0 Å². The molecule has 3 heteroatoms. The van der Waals surface area contributed by atoms with E-state index in [0.29, 0.717) is 4.91 Å². The highest BCUT2D eigenvalue weighted by molar-refractivity contribution is 8.03. The van der Waals surface area contributed by atoms with E-state index in [1.165, 1.54) is 24.4 Å². The lowest BCUT2D eigenvalue weighted by Gasteiger charge is -2.07. The second kappa shape index (κ2) is 6.38. The average molecular weight is 236 g/mol. The summed E-state index contributed by atoms with van der Waals surface area (Å²) in [6.07, 6.45) is 0. The topological polar surface area (TPSA) is 26.3 Å². The third kappa shape index (κ3) is 3.74. The molecule has 86 valence electrons. The van der Waals surface area contributed by atoms with Gasteiger partial charge in [0.05, 0.1) is 12.0 Å². The zero-order chi connectivity index (χ0) is 12.0. The van der Waals surface area contributed by atoms with Gasteiger partial charge in [-0.3, -0.25) is 0 Å². The number of hydrogen-bond donors (Lipinski definition) is 0. The normalized spacial score (nSPS) is 9.69. The van der Waals surface area contributed by atoms with Gasteiger partial charge in [0.2, 0.25) is 0 Å². The lowest BCUT2D eigenvalue weighted by atomic mass is 10.2. The molecule has 2 nitrogen and oxygen atoms in total. The van der Waals surface area contributed by atoms with Gasteiger partial charge in [0.1, 0.15) is 0 Å². The number of thioether (sulfide) groups is 1. The molecule has 0 saturated heterocycles. The van der Waals surface area contributed by atoms with Crippen molar-refractivity contribution in [1.82, 2.24) is 0 Å². The third-order valence-electron chi connectivity index (χ3n) is 2.05. The first kappa shape index (κ1) is 12.8. The molecule has 0 unspecified atom stereocenters. The van der Waals surface area contributed by atoms with Crippen molar-refractivity contribution in [3.05, 3.63) is 46.4 Å². The molecule has 0 saturated carbocycles. The summed E-state index contributed by atoms with van der Waals surface area (Å²) in [6.45, 7) is 3.84. The SMILES string of the molecule is COC(=O)C(SCc1ccccc1)=C(C)C. The van der Waals surface area contributed by atoms with Crippen molar-refractivity contribution in [3.8, 4) is 0 Å². The molecule has 0 atom stereocenters. The maximum atomic E-state index is 11.5. The predicted molar refractivity (Wildman–Crippen MR) is 68.1 cm³/mol. The van der Waals surface area contributed by atoms with Gasteiger partial charge >= 0.3 is 5.97 Å². The van der Waals surface area contributed by atoms with Gasteiger partial charge in [-0.15, -0.1) is 11.8 Å². The molecule has 0 radical (unpaired) electrons. The minimum absolute atomic E-state index is 0.249. The summed E-state index contributed by atoms with van der Waals surface area (Å²) in [5.74, 6) is 0.539. The molecular weight excluding hydrogens is 220 g/mol. The molecule has 1 rings (SSSR count). The van der Waals surface area contributed by atoms with E-state index in [1.54, 1.807) is 0 Å². The molecule has 0 aromatic heterocycles. The van der Waals surface area contributed by atoms with E-state index in [-0.39, 0.29) is 5.97 Å². The van der Waals surface area contributed by atoms with Crippen LogP contribution in [0.4, 0.5) is 0 Å². The van der Waals surface area contributed by atoms with Crippen molar-refractivity contribution in [2.24, 2.45) is 0 Å². The Labute approximate surface area is 101 Å². The highest BCUT2D eigenvalue weighted by atomic mass is 32.2. The van der Waals surface area contributed by atoms with Crippen molar-refractivity contribution in [1.29, 1.82) is 0 Å². The number of hydrogen-bond acceptors (Lipinski definition) is 3. The van der Waals surface area contributed by atoms with E-state index in [9.17, 15) is 4.79 Å². The standard InChI is InChI=1S/C13H16O2S/c1-10(2)12(13(14)15-3)16-9-11-7-5-4-6-8-11/h4-8H,9H2,1-3H3. The molecule has 0 fully saturated rings. The fraction of sp³-hybridized carbons (Fsp3) is 0.308. The Hall–Kier alpha value is -1.22. The number of methoxy groups -OCH3 is 1. The first-order valence-corrected chi connectivity index (χ1v) is 6.06. The average Bonchev–Trinajstić information content (AvgIpc) is 2.30. The van der Waals surface area contributed by atoms with Crippen LogP contribution in [0.25, 0.3) is 0 Å². The Morgan fingerprint density at radius 1 is 1.25 bits per heavy atom. The summed E-state index contributed by atoms with van der Waals surface area (Å²) in [5.41, 5.74) is 2.20. The van der Waals surface area contributed by atoms with Crippen LogP contribution in [0.1, 0.15) is 19.4 Å². The molecule has 16 heavy (non-hydrogen) atoms. The lowest BCUT2D eigenvalue weighted by Crippen LogP contribution is -2.03. The second-order valence-electron chi connectivity index (χ2n) is 3.59. The van der Waals surface area contributed by atoms with Crippen molar-refractivity contribution in [3.63, 3.8) is 0 Å². The van der Waals surface area contributed by atoms with Gasteiger partial charge in [0.25, 0.3) is 0 Å². The largest absolute Gasteiger partial charge is 0.465 e. The van der Waals surface area contributed by atoms with Crippen LogP contribution in [0.2, 0.25) is 0 Å². The minimum Gasteiger partial charge on any atom is -0.465 e. The summed E-state index contributed by atoms with van der Waals surface area (Å²) in [7, 11) is 1.41. The number of ether oxygens (including phenoxy) is 1. The summed E-state index contributed by atoms with van der Waals surface area (Å²) in [5, 5.41) is 0. The molecule has 0 aliphatic rings. The van der Waals surface area contributed by atoms with E-state index < -0.39 is 0 Å². The van der Waals surface area contributed by atoms with Gasteiger partial charge < -0.3 is 4.74 Å². The van der Waals surface area contributed by atoms with Gasteiger partial charge in [-0.05, 0) is 19.4 Å². The molecule has 1 aromatic rings. The van der Waals surface area contributed by atoms with Crippen LogP contribution in [-0.4, -0.2) is 13.1 Å². The van der Waals surface area contributed by atoms with E-state index in [2.05, 4.69) is 0 Å². The molecule has 0 amide bonds. The maximum absolute atomic E-state index is 11.5. The van der Waals surface area contributed by atoms with Crippen LogP contribution >= 0.6 is 11.8 Å². The second-order valence-corrected chi connectivity index (χ2v) is 4.58. The highest BCUT2D eigenvalue weighted by Crippen LogP contribution is 2.25. The number of benzene rings is 1. The molecule has 0 aliphatic heterocycles. The van der Waals surface area contributed by atoms with Crippen LogP contribution in [0.5, 0.6) is 0 Å². The Kier molecular flexibility index (Phi) is 5.12. The van der Waals surface area contributed by atoms with E-state index >= 15 is 0 Å². The Balaban J connectivity index is 2.66. The Morgan fingerprint density at radius 3 is 2.38 bits per heavy atom. The molecule has 1 aromatic carbocycles. The number of carbonyl (C=O) groups is 1. The van der Waals surface area contributed by atoms with Crippen molar-refractivity contribution in [2.75, 3.05) is 7.11 Å². The Morgan fingerprint density at radius 2 is 1.88 bits per heavy atom. The third-order valence-corrected chi connectivity index (χ3v) is 3.39. The Bertz CT molecular complexity index is 378. The summed E-state index contributed by atoms with van der Waals surface area (Å²) < 4.78 is 4.74. The first-order chi connectivity index (χ1) is 7.65. The van der Waals surface area contributed by atoms with E-state index in [1.807, 2.05) is 44.2 Å². The van der Waals surface area contributed by atoms with Crippen LogP contribution in [0.3, 0.4) is 0 Å². The number of carbonyl (C=O) groups excluding carboxylic acids is 1. The summed E-state index contributed by atoms with van der Waals surface area (Å²) in [6, 6.07) is 10.1. The van der Waals surface area contributed by atoms with Crippen molar-refractivity contribution in [2.45, 2.75) is 19.6 Å². The molecule has 0 bridgehead atoms. The number of allylic oxidation sites excluding steroid dienone is 1. The highest BCUT2D eigenvalue weighted by Gasteiger charge is 2.11. The van der Waals surface area contributed by atoms with Crippen LogP contribution < -0.4 is 0 Å². The summed E-state index contributed by atoms with van der Waals surface area (Å²) >= 11 is 1.52. The quantitative estimate of drug-likeness (QED) is 0.592. The molecule has 0 N–H and O–H groups in total. The van der Waals surface area contributed by atoms with E-state index in [4.69, 9.17) is 4.74 Å². The fourth-order valence-corrected chi connectivity index (χ4v) is 2.22. The zero-order valence-electron chi connectivity index (χ0n) is 9.82. The van der Waals surface area contributed by atoms with Gasteiger partial charge in [0, 0.05) is 5.75 Å². The molecular formula is C13H16O2S. The monoisotopic (exact) mass is 236 g/mol. The zero-order valence-corrected chi connectivity index (χ0v) is 10.6. The number of rotatable bonds is 4. The molecule has 0 aliphatic carbocycles. The van der Waals surface area contributed by atoms with Gasteiger partial charge in [-0.25, -0.2) is 4.79 Å². The van der Waals surface area contributed by atoms with Crippen molar-refractivity contribution < 1.29 is 9.53 Å². The van der Waals surface area contributed by atoms with Gasteiger partial charge in [-0.2, -0.15) is 0 Å². The maximum Gasteiger partial charge on any atom is 0.344 e. The predicted octanol–water partition coefficient (Wildman–Crippen LogP) is 3.39. The van der Waals surface area contributed by atoms with Crippen molar-refractivity contribution >= 4 is 17.7 Å². The lowest BCUT2D eigenvalue weighted by molar-refractivity contribution is -0.135. The van der Waals surface area contributed by atoms with Crippen LogP contribution in [-0.2, 0) is 15.3 Å². The fourth-order valence-electron chi connectivity index (χ4n) is 1.23. The first-order valence-electron chi connectivity index (χ1n) is 5.07. The molecule has 0 spiro atoms. The molecule has 0 heterocycles. The van der Waals surface area contributed by atoms with E-state index in [0.717, 1.165) is 11.3 Å². The van der Waals surface area contributed by atoms with Gasteiger partial charge in [-0.1, -0.05) is 35.9 Å². The van der Waals surface area contributed by atoms with Gasteiger partial charge in [0.15, 0.2) is 0 Å². The minimum atomic E-state index is -0.249. The summed E-state index contributed by atoms with van der Waals surface area (Å²) in [4.78, 5) is 12.2. The van der Waals surface area contributed by atoms with Crippen LogP contribution in [0.15, 0.2) is 40.8 Å². The smallest absolute Gasteiger partial charge is 0.344 e. The number of esters is 1.